The number of esters is 1. The number of benzene rings is 1. The van der Waals surface area contributed by atoms with Crippen molar-refractivity contribution in [1.82, 2.24) is 0 Å². The van der Waals surface area contributed by atoms with Crippen molar-refractivity contribution >= 4 is 17.6 Å². The van der Waals surface area contributed by atoms with Crippen molar-refractivity contribution in [2.75, 3.05) is 6.61 Å². The van der Waals surface area contributed by atoms with E-state index in [1.165, 1.54) is 0 Å². The van der Waals surface area contributed by atoms with E-state index in [1.54, 1.807) is 6.92 Å². The average molecular weight is 270 g/mol. The SMILES string of the molecule is CCOC(=O)CCCC(N)c1ccc(Cl)c(C)c1. The summed E-state index contributed by atoms with van der Waals surface area (Å²) in [7, 11) is 0. The Kier molecular flexibility index (Phi) is 6.16. The highest BCUT2D eigenvalue weighted by Gasteiger charge is 2.09. The molecule has 0 aliphatic rings. The maximum absolute atomic E-state index is 11.2. The van der Waals surface area contributed by atoms with Crippen LogP contribution in [-0.2, 0) is 9.53 Å². The largest absolute Gasteiger partial charge is 0.466 e. The molecule has 18 heavy (non-hydrogen) atoms. The maximum Gasteiger partial charge on any atom is 0.305 e. The van der Waals surface area contributed by atoms with E-state index in [0.29, 0.717) is 13.0 Å². The van der Waals surface area contributed by atoms with Gasteiger partial charge in [0.05, 0.1) is 6.61 Å². The highest BCUT2D eigenvalue weighted by Crippen LogP contribution is 2.22. The van der Waals surface area contributed by atoms with Gasteiger partial charge in [0.15, 0.2) is 0 Å². The molecule has 0 fully saturated rings. The summed E-state index contributed by atoms with van der Waals surface area (Å²) in [5, 5.41) is 0.748. The van der Waals surface area contributed by atoms with Crippen molar-refractivity contribution in [1.29, 1.82) is 0 Å². The van der Waals surface area contributed by atoms with Gasteiger partial charge < -0.3 is 10.5 Å². The van der Waals surface area contributed by atoms with Crippen LogP contribution < -0.4 is 5.73 Å². The summed E-state index contributed by atoms with van der Waals surface area (Å²) < 4.78 is 4.87. The summed E-state index contributed by atoms with van der Waals surface area (Å²) >= 11 is 5.96. The van der Waals surface area contributed by atoms with Crippen molar-refractivity contribution in [3.8, 4) is 0 Å². The molecule has 0 saturated heterocycles. The Hall–Kier alpha value is -1.06. The Balaban J connectivity index is 2.43. The van der Waals surface area contributed by atoms with E-state index in [2.05, 4.69) is 0 Å². The number of halogens is 1. The number of rotatable bonds is 6. The minimum Gasteiger partial charge on any atom is -0.466 e. The molecular weight excluding hydrogens is 250 g/mol. The first kappa shape index (κ1) is 15.0. The fourth-order valence-corrected chi connectivity index (χ4v) is 1.88. The lowest BCUT2D eigenvalue weighted by molar-refractivity contribution is -0.143. The summed E-state index contributed by atoms with van der Waals surface area (Å²) in [5.74, 6) is -0.156. The Labute approximate surface area is 113 Å². The Morgan fingerprint density at radius 2 is 2.22 bits per heavy atom. The normalized spacial score (nSPS) is 12.2. The molecule has 0 saturated carbocycles. The van der Waals surface area contributed by atoms with Crippen molar-refractivity contribution in [3.63, 3.8) is 0 Å². The standard InChI is InChI=1S/C14H20ClNO2/c1-3-18-14(17)6-4-5-13(16)11-7-8-12(15)10(2)9-11/h7-9,13H,3-6,16H2,1-2H3. The second kappa shape index (κ2) is 7.39. The van der Waals surface area contributed by atoms with Gasteiger partial charge in [-0.3, -0.25) is 4.79 Å². The Bertz CT molecular complexity index is 407. The predicted molar refractivity (Wildman–Crippen MR) is 73.6 cm³/mol. The molecular formula is C14H20ClNO2. The van der Waals surface area contributed by atoms with Gasteiger partial charge in [-0.25, -0.2) is 0 Å². The molecule has 0 bridgehead atoms. The topological polar surface area (TPSA) is 52.3 Å². The Morgan fingerprint density at radius 1 is 1.50 bits per heavy atom. The van der Waals surface area contributed by atoms with Crippen LogP contribution in [0.2, 0.25) is 5.02 Å². The zero-order valence-electron chi connectivity index (χ0n) is 10.9. The summed E-state index contributed by atoms with van der Waals surface area (Å²) in [4.78, 5) is 11.2. The minimum absolute atomic E-state index is 0.0598. The summed E-state index contributed by atoms with van der Waals surface area (Å²) in [6, 6.07) is 5.73. The zero-order valence-corrected chi connectivity index (χ0v) is 11.7. The van der Waals surface area contributed by atoms with Gasteiger partial charge >= 0.3 is 5.97 Å². The average Bonchev–Trinajstić information content (AvgIpc) is 2.33. The van der Waals surface area contributed by atoms with E-state index in [4.69, 9.17) is 22.1 Å². The van der Waals surface area contributed by atoms with Crippen LogP contribution in [0.1, 0.15) is 43.4 Å². The molecule has 0 aromatic heterocycles. The third kappa shape index (κ3) is 4.67. The van der Waals surface area contributed by atoms with E-state index in [9.17, 15) is 4.79 Å². The predicted octanol–water partition coefficient (Wildman–Crippen LogP) is 3.38. The smallest absolute Gasteiger partial charge is 0.305 e. The van der Waals surface area contributed by atoms with Crippen LogP contribution in [0.25, 0.3) is 0 Å². The first-order chi connectivity index (χ1) is 8.54. The number of hydrogen-bond donors (Lipinski definition) is 1. The third-order valence-corrected chi connectivity index (χ3v) is 3.24. The molecule has 2 N–H and O–H groups in total. The van der Waals surface area contributed by atoms with Crippen LogP contribution in [0.15, 0.2) is 18.2 Å². The summed E-state index contributed by atoms with van der Waals surface area (Å²) in [5.41, 5.74) is 8.16. The van der Waals surface area contributed by atoms with Gasteiger partial charge in [0.2, 0.25) is 0 Å². The van der Waals surface area contributed by atoms with E-state index in [1.807, 2.05) is 25.1 Å². The van der Waals surface area contributed by atoms with Crippen molar-refractivity contribution < 1.29 is 9.53 Å². The maximum atomic E-state index is 11.2. The quantitative estimate of drug-likeness (QED) is 0.806. The Morgan fingerprint density at radius 3 is 2.83 bits per heavy atom. The van der Waals surface area contributed by atoms with Gasteiger partial charge in [-0.1, -0.05) is 23.7 Å². The van der Waals surface area contributed by atoms with Crippen molar-refractivity contribution in [3.05, 3.63) is 34.3 Å². The first-order valence-electron chi connectivity index (χ1n) is 6.21. The van der Waals surface area contributed by atoms with Gasteiger partial charge in [0, 0.05) is 17.5 Å². The fraction of sp³-hybridized carbons (Fsp3) is 0.500. The molecule has 1 aromatic rings. The van der Waals surface area contributed by atoms with E-state index in [-0.39, 0.29) is 12.0 Å². The molecule has 0 aliphatic carbocycles. The summed E-state index contributed by atoms with van der Waals surface area (Å²) in [6.45, 7) is 4.19. The molecule has 0 aliphatic heterocycles. The molecule has 0 amide bonds. The monoisotopic (exact) mass is 269 g/mol. The van der Waals surface area contributed by atoms with Crippen LogP contribution in [-0.4, -0.2) is 12.6 Å². The van der Waals surface area contributed by atoms with Gasteiger partial charge in [-0.15, -0.1) is 0 Å². The number of carbonyl (C=O) groups is 1. The number of aryl methyl sites for hydroxylation is 1. The molecule has 1 aromatic carbocycles. The number of hydrogen-bond acceptors (Lipinski definition) is 3. The van der Waals surface area contributed by atoms with Crippen molar-refractivity contribution in [2.24, 2.45) is 5.73 Å². The van der Waals surface area contributed by atoms with Gasteiger partial charge in [0.1, 0.15) is 0 Å². The first-order valence-corrected chi connectivity index (χ1v) is 6.59. The molecule has 4 heteroatoms. The summed E-state index contributed by atoms with van der Waals surface area (Å²) in [6.07, 6.45) is 1.93. The second-order valence-corrected chi connectivity index (χ2v) is 4.72. The van der Waals surface area contributed by atoms with Crippen LogP contribution in [0, 0.1) is 6.92 Å². The molecule has 1 atom stereocenters. The molecule has 1 rings (SSSR count). The van der Waals surface area contributed by atoms with E-state index in [0.717, 1.165) is 29.0 Å². The van der Waals surface area contributed by atoms with Crippen molar-refractivity contribution in [2.45, 2.75) is 39.2 Å². The van der Waals surface area contributed by atoms with E-state index >= 15 is 0 Å². The van der Waals surface area contributed by atoms with Crippen LogP contribution in [0.3, 0.4) is 0 Å². The second-order valence-electron chi connectivity index (χ2n) is 4.31. The molecule has 0 radical (unpaired) electrons. The van der Waals surface area contributed by atoms with Crippen LogP contribution >= 0.6 is 11.6 Å². The molecule has 100 valence electrons. The molecule has 3 nitrogen and oxygen atoms in total. The molecule has 1 unspecified atom stereocenters. The minimum atomic E-state index is -0.156. The van der Waals surface area contributed by atoms with Gasteiger partial charge in [-0.05, 0) is 43.9 Å². The lowest BCUT2D eigenvalue weighted by atomic mass is 10.0. The van der Waals surface area contributed by atoms with Crippen LogP contribution in [0.4, 0.5) is 0 Å². The third-order valence-electron chi connectivity index (χ3n) is 2.81. The van der Waals surface area contributed by atoms with Crippen LogP contribution in [0.5, 0.6) is 0 Å². The highest BCUT2D eigenvalue weighted by molar-refractivity contribution is 6.31. The number of nitrogens with two attached hydrogens (primary N) is 1. The highest BCUT2D eigenvalue weighted by atomic mass is 35.5. The van der Waals surface area contributed by atoms with Gasteiger partial charge in [-0.2, -0.15) is 0 Å². The number of ether oxygens (including phenoxy) is 1. The molecule has 0 spiro atoms. The number of carbonyl (C=O) groups excluding carboxylic acids is 1. The zero-order chi connectivity index (χ0) is 13.5. The fourth-order valence-electron chi connectivity index (χ4n) is 1.76. The lowest BCUT2D eigenvalue weighted by Crippen LogP contribution is -2.12. The molecule has 0 heterocycles. The van der Waals surface area contributed by atoms with Gasteiger partial charge in [0.25, 0.3) is 0 Å². The van der Waals surface area contributed by atoms with E-state index < -0.39 is 0 Å². The lowest BCUT2D eigenvalue weighted by Gasteiger charge is -2.13.